The molecule has 13 heavy (non-hydrogen) atoms. The number of aryl methyl sites for hydroxylation is 1. The maximum atomic E-state index is 11.4. The lowest BCUT2D eigenvalue weighted by Gasteiger charge is -2.24. The van der Waals surface area contributed by atoms with E-state index in [9.17, 15) is 4.79 Å². The van der Waals surface area contributed by atoms with Gasteiger partial charge in [-0.15, -0.1) is 0 Å². The van der Waals surface area contributed by atoms with E-state index in [1.54, 1.807) is 6.07 Å². The molecule has 0 bridgehead atoms. The third kappa shape index (κ3) is 1.52. The van der Waals surface area contributed by atoms with Gasteiger partial charge in [0, 0.05) is 18.3 Å². The second-order valence-electron chi connectivity index (χ2n) is 3.61. The molecule has 0 saturated heterocycles. The molecular formula is C10H14N2O. The van der Waals surface area contributed by atoms with Crippen molar-refractivity contribution in [3.63, 3.8) is 0 Å². The van der Waals surface area contributed by atoms with Crippen molar-refractivity contribution in [2.75, 3.05) is 6.54 Å². The van der Waals surface area contributed by atoms with Crippen LogP contribution in [0.4, 0.5) is 0 Å². The first kappa shape index (κ1) is 8.51. The second kappa shape index (κ2) is 3.34. The monoisotopic (exact) mass is 178 g/mol. The lowest BCUT2D eigenvalue weighted by atomic mass is 9.97. The van der Waals surface area contributed by atoms with E-state index in [0.717, 1.165) is 25.1 Å². The van der Waals surface area contributed by atoms with Crippen LogP contribution >= 0.6 is 0 Å². The average molecular weight is 178 g/mol. The molecule has 1 atom stereocenters. The molecule has 1 aromatic heterocycles. The molecule has 3 nitrogen and oxygen atoms in total. The Labute approximate surface area is 77.2 Å². The van der Waals surface area contributed by atoms with Crippen molar-refractivity contribution >= 4 is 0 Å². The summed E-state index contributed by atoms with van der Waals surface area (Å²) in [5.41, 5.74) is 6.85. The van der Waals surface area contributed by atoms with Crippen LogP contribution in [0.25, 0.3) is 0 Å². The van der Waals surface area contributed by atoms with E-state index in [2.05, 4.69) is 0 Å². The van der Waals surface area contributed by atoms with Crippen LogP contribution in [0.5, 0.6) is 0 Å². The number of aromatic nitrogens is 1. The summed E-state index contributed by atoms with van der Waals surface area (Å²) in [6, 6.07) is 5.47. The number of rotatable bonds is 1. The van der Waals surface area contributed by atoms with E-state index in [1.165, 1.54) is 0 Å². The zero-order valence-electron chi connectivity index (χ0n) is 7.57. The molecule has 0 fully saturated rings. The fourth-order valence-electron chi connectivity index (χ4n) is 1.88. The van der Waals surface area contributed by atoms with Gasteiger partial charge in [-0.1, -0.05) is 6.07 Å². The molecule has 1 aliphatic rings. The van der Waals surface area contributed by atoms with Gasteiger partial charge in [0.1, 0.15) is 0 Å². The number of fused-ring (bicyclic) bond motifs is 1. The first-order valence-electron chi connectivity index (χ1n) is 4.70. The van der Waals surface area contributed by atoms with Crippen molar-refractivity contribution in [2.45, 2.75) is 19.4 Å². The summed E-state index contributed by atoms with van der Waals surface area (Å²) in [7, 11) is 0. The first-order valence-corrected chi connectivity index (χ1v) is 4.70. The highest BCUT2D eigenvalue weighted by molar-refractivity contribution is 5.09. The Hall–Kier alpha value is -1.09. The number of nitrogens with two attached hydrogens (primary N) is 1. The maximum Gasteiger partial charge on any atom is 0.250 e. The molecule has 2 N–H and O–H groups in total. The molecule has 2 heterocycles. The summed E-state index contributed by atoms with van der Waals surface area (Å²) in [5.74, 6) is 0.479. The van der Waals surface area contributed by atoms with Crippen molar-refractivity contribution in [3.8, 4) is 0 Å². The fraction of sp³-hybridized carbons (Fsp3) is 0.500. The van der Waals surface area contributed by atoms with Crippen LogP contribution in [0.2, 0.25) is 0 Å². The Morgan fingerprint density at radius 3 is 3.15 bits per heavy atom. The van der Waals surface area contributed by atoms with Crippen LogP contribution in [0, 0.1) is 5.92 Å². The van der Waals surface area contributed by atoms with Crippen molar-refractivity contribution in [1.29, 1.82) is 0 Å². The van der Waals surface area contributed by atoms with Gasteiger partial charge in [0.2, 0.25) is 0 Å². The largest absolute Gasteiger partial charge is 0.330 e. The lowest BCUT2D eigenvalue weighted by Crippen LogP contribution is -2.33. The van der Waals surface area contributed by atoms with Gasteiger partial charge in [-0.3, -0.25) is 4.79 Å². The van der Waals surface area contributed by atoms with Gasteiger partial charge in [0.15, 0.2) is 0 Å². The number of hydrogen-bond donors (Lipinski definition) is 1. The average Bonchev–Trinajstić information content (AvgIpc) is 2.18. The Bertz CT molecular complexity index is 356. The molecule has 0 aromatic carbocycles. The summed E-state index contributed by atoms with van der Waals surface area (Å²) < 4.78 is 1.85. The predicted molar refractivity (Wildman–Crippen MR) is 51.6 cm³/mol. The first-order chi connectivity index (χ1) is 6.31. The molecule has 1 unspecified atom stereocenters. The minimum atomic E-state index is 0.107. The molecule has 70 valence electrons. The third-order valence-corrected chi connectivity index (χ3v) is 2.72. The summed E-state index contributed by atoms with van der Waals surface area (Å²) in [6.07, 6.45) is 2.10. The highest BCUT2D eigenvalue weighted by Gasteiger charge is 2.16. The van der Waals surface area contributed by atoms with E-state index in [-0.39, 0.29) is 5.56 Å². The van der Waals surface area contributed by atoms with Crippen molar-refractivity contribution in [2.24, 2.45) is 11.7 Å². The number of pyridine rings is 1. The Morgan fingerprint density at radius 1 is 1.54 bits per heavy atom. The number of hydrogen-bond acceptors (Lipinski definition) is 2. The van der Waals surface area contributed by atoms with E-state index >= 15 is 0 Å². The lowest BCUT2D eigenvalue weighted by molar-refractivity contribution is 0.369. The van der Waals surface area contributed by atoms with Gasteiger partial charge >= 0.3 is 0 Å². The summed E-state index contributed by atoms with van der Waals surface area (Å²) in [4.78, 5) is 11.4. The molecule has 0 amide bonds. The Kier molecular flexibility index (Phi) is 2.19. The van der Waals surface area contributed by atoms with Gasteiger partial charge in [0.25, 0.3) is 5.56 Å². The molecule has 0 saturated carbocycles. The van der Waals surface area contributed by atoms with Crippen LogP contribution in [0.1, 0.15) is 12.1 Å². The van der Waals surface area contributed by atoms with Crippen molar-refractivity contribution < 1.29 is 0 Å². The van der Waals surface area contributed by atoms with E-state index in [4.69, 9.17) is 5.73 Å². The minimum absolute atomic E-state index is 0.107. The van der Waals surface area contributed by atoms with Crippen molar-refractivity contribution in [3.05, 3.63) is 34.2 Å². The van der Waals surface area contributed by atoms with Crippen LogP contribution < -0.4 is 11.3 Å². The molecule has 1 aliphatic heterocycles. The smallest absolute Gasteiger partial charge is 0.250 e. The molecule has 3 heteroatoms. The normalized spacial score (nSPS) is 21.2. The maximum absolute atomic E-state index is 11.4. The Balaban J connectivity index is 2.38. The molecular weight excluding hydrogens is 164 g/mol. The summed E-state index contributed by atoms with van der Waals surface area (Å²) >= 11 is 0. The van der Waals surface area contributed by atoms with E-state index in [0.29, 0.717) is 12.5 Å². The second-order valence-corrected chi connectivity index (χ2v) is 3.61. The van der Waals surface area contributed by atoms with Gasteiger partial charge in [-0.2, -0.15) is 0 Å². The topological polar surface area (TPSA) is 48.0 Å². The van der Waals surface area contributed by atoms with Crippen LogP contribution in [-0.2, 0) is 13.0 Å². The quantitative estimate of drug-likeness (QED) is 0.675. The highest BCUT2D eigenvalue weighted by Crippen LogP contribution is 2.16. The SMILES string of the molecule is NCC1CCc2cccc(=O)n2C1. The van der Waals surface area contributed by atoms with E-state index < -0.39 is 0 Å². The van der Waals surface area contributed by atoms with Crippen molar-refractivity contribution in [1.82, 2.24) is 4.57 Å². The zero-order chi connectivity index (χ0) is 9.26. The summed E-state index contributed by atoms with van der Waals surface area (Å²) in [5, 5.41) is 0. The molecule has 0 spiro atoms. The predicted octanol–water partition coefficient (Wildman–Crippen LogP) is 0.369. The molecule has 0 radical (unpaired) electrons. The third-order valence-electron chi connectivity index (χ3n) is 2.72. The van der Waals surface area contributed by atoms with Crippen LogP contribution in [0.15, 0.2) is 23.0 Å². The zero-order valence-corrected chi connectivity index (χ0v) is 7.57. The van der Waals surface area contributed by atoms with Crippen LogP contribution in [-0.4, -0.2) is 11.1 Å². The summed E-state index contributed by atoms with van der Waals surface area (Å²) in [6.45, 7) is 1.48. The van der Waals surface area contributed by atoms with Crippen LogP contribution in [0.3, 0.4) is 0 Å². The van der Waals surface area contributed by atoms with Gasteiger partial charge < -0.3 is 10.3 Å². The fourth-order valence-corrected chi connectivity index (χ4v) is 1.88. The Morgan fingerprint density at radius 2 is 2.38 bits per heavy atom. The highest BCUT2D eigenvalue weighted by atomic mass is 16.1. The minimum Gasteiger partial charge on any atom is -0.330 e. The van der Waals surface area contributed by atoms with E-state index in [1.807, 2.05) is 16.7 Å². The van der Waals surface area contributed by atoms with Gasteiger partial charge in [0.05, 0.1) is 0 Å². The van der Waals surface area contributed by atoms with Gasteiger partial charge in [-0.25, -0.2) is 0 Å². The number of nitrogens with zero attached hydrogens (tertiary/aromatic N) is 1. The van der Waals surface area contributed by atoms with Gasteiger partial charge in [-0.05, 0) is 31.4 Å². The molecule has 0 aliphatic carbocycles. The standard InChI is InChI=1S/C10H14N2O/c11-6-8-4-5-9-2-1-3-10(13)12(9)7-8/h1-3,8H,4-7,11H2. The molecule has 1 aromatic rings. The molecule has 2 rings (SSSR count).